The van der Waals surface area contributed by atoms with Crippen LogP contribution in [0.3, 0.4) is 0 Å². The van der Waals surface area contributed by atoms with Crippen LogP contribution in [0.1, 0.15) is 19.4 Å². The molecule has 0 saturated heterocycles. The zero-order valence-corrected chi connectivity index (χ0v) is 11.0. The molecule has 1 aromatic carbocycles. The monoisotopic (exact) mass is 267 g/mol. The van der Waals surface area contributed by atoms with Crippen LogP contribution in [-0.4, -0.2) is 30.5 Å². The Morgan fingerprint density at radius 3 is 2.00 bits per heavy atom. The van der Waals surface area contributed by atoms with Crippen molar-refractivity contribution >= 4 is 12.2 Å². The highest BCUT2D eigenvalue weighted by Crippen LogP contribution is 2.06. The van der Waals surface area contributed by atoms with Gasteiger partial charge in [-0.2, -0.15) is 0 Å². The summed E-state index contributed by atoms with van der Waals surface area (Å²) in [4.78, 5) is 28.3. The number of benzene rings is 1. The van der Waals surface area contributed by atoms with Gasteiger partial charge in [0.25, 0.3) is 0 Å². The van der Waals surface area contributed by atoms with E-state index in [-0.39, 0.29) is 19.8 Å². The van der Waals surface area contributed by atoms with Crippen molar-refractivity contribution in [2.45, 2.75) is 20.5 Å². The van der Waals surface area contributed by atoms with E-state index in [9.17, 15) is 9.59 Å². The van der Waals surface area contributed by atoms with Gasteiger partial charge in [-0.15, -0.1) is 0 Å². The third kappa shape index (κ3) is 4.97. The highest BCUT2D eigenvalue weighted by molar-refractivity contribution is 5.86. The fourth-order valence-corrected chi connectivity index (χ4v) is 1.26. The van der Waals surface area contributed by atoms with Crippen LogP contribution in [0.5, 0.6) is 0 Å². The summed E-state index contributed by atoms with van der Waals surface area (Å²) in [7, 11) is 0. The molecule has 0 spiro atoms. The second kappa shape index (κ2) is 8.10. The molecule has 1 aromatic rings. The molecule has 6 nitrogen and oxygen atoms in total. The standard InChI is InChI=1S/C13H17NO5/c1-3-17-12(15)14(13(16)18-4-2)19-10-11-8-6-5-7-9-11/h5-9H,3-4,10H2,1-2H3. The van der Waals surface area contributed by atoms with Gasteiger partial charge < -0.3 is 9.47 Å². The Morgan fingerprint density at radius 2 is 1.53 bits per heavy atom. The molecular formula is C13H17NO5. The van der Waals surface area contributed by atoms with Crippen LogP contribution in [0.4, 0.5) is 9.59 Å². The fourth-order valence-electron chi connectivity index (χ4n) is 1.26. The van der Waals surface area contributed by atoms with Crippen LogP contribution >= 0.6 is 0 Å². The van der Waals surface area contributed by atoms with Crippen molar-refractivity contribution in [1.82, 2.24) is 5.06 Å². The van der Waals surface area contributed by atoms with Gasteiger partial charge in [0, 0.05) is 0 Å². The quantitative estimate of drug-likeness (QED) is 0.767. The highest BCUT2D eigenvalue weighted by atomic mass is 16.8. The van der Waals surface area contributed by atoms with E-state index in [0.29, 0.717) is 5.06 Å². The summed E-state index contributed by atoms with van der Waals surface area (Å²) in [6, 6.07) is 9.15. The van der Waals surface area contributed by atoms with Crippen LogP contribution in [0.2, 0.25) is 0 Å². The number of hydrogen-bond acceptors (Lipinski definition) is 5. The third-order valence-corrected chi connectivity index (χ3v) is 2.07. The maximum absolute atomic E-state index is 11.6. The Kier molecular flexibility index (Phi) is 6.38. The molecule has 0 unspecified atom stereocenters. The molecule has 0 bridgehead atoms. The highest BCUT2D eigenvalue weighted by Gasteiger charge is 2.25. The molecule has 0 aliphatic rings. The summed E-state index contributed by atoms with van der Waals surface area (Å²) >= 11 is 0. The maximum atomic E-state index is 11.6. The van der Waals surface area contributed by atoms with Crippen molar-refractivity contribution in [2.75, 3.05) is 13.2 Å². The topological polar surface area (TPSA) is 65.1 Å². The lowest BCUT2D eigenvalue weighted by atomic mass is 10.2. The average molecular weight is 267 g/mol. The molecule has 0 aliphatic carbocycles. The predicted molar refractivity (Wildman–Crippen MR) is 67.1 cm³/mol. The van der Waals surface area contributed by atoms with E-state index in [1.807, 2.05) is 30.3 Å². The molecule has 0 aromatic heterocycles. The van der Waals surface area contributed by atoms with Crippen LogP contribution < -0.4 is 0 Å². The maximum Gasteiger partial charge on any atom is 0.444 e. The summed E-state index contributed by atoms with van der Waals surface area (Å²) in [5, 5.41) is 0.486. The Morgan fingerprint density at radius 1 is 1.00 bits per heavy atom. The van der Waals surface area contributed by atoms with E-state index in [2.05, 4.69) is 0 Å². The first-order chi connectivity index (χ1) is 9.19. The van der Waals surface area contributed by atoms with Gasteiger partial charge in [-0.05, 0) is 19.4 Å². The fraction of sp³-hybridized carbons (Fsp3) is 0.385. The SMILES string of the molecule is CCOC(=O)N(OCc1ccccc1)C(=O)OCC. The number of ether oxygens (including phenoxy) is 2. The first-order valence-electron chi connectivity index (χ1n) is 5.99. The Bertz CT molecular complexity index is 389. The van der Waals surface area contributed by atoms with E-state index in [4.69, 9.17) is 14.3 Å². The van der Waals surface area contributed by atoms with Crippen molar-refractivity contribution in [3.05, 3.63) is 35.9 Å². The van der Waals surface area contributed by atoms with E-state index in [1.165, 1.54) is 0 Å². The predicted octanol–water partition coefficient (Wildman–Crippen LogP) is 2.73. The molecule has 0 heterocycles. The van der Waals surface area contributed by atoms with Crippen LogP contribution in [0.25, 0.3) is 0 Å². The number of hydrogen-bond donors (Lipinski definition) is 0. The van der Waals surface area contributed by atoms with Gasteiger partial charge >= 0.3 is 12.2 Å². The van der Waals surface area contributed by atoms with Crippen molar-refractivity contribution in [3.8, 4) is 0 Å². The lowest BCUT2D eigenvalue weighted by Crippen LogP contribution is -2.37. The number of nitrogens with zero attached hydrogens (tertiary/aromatic N) is 1. The largest absolute Gasteiger partial charge is 0.448 e. The van der Waals surface area contributed by atoms with E-state index in [1.54, 1.807) is 13.8 Å². The van der Waals surface area contributed by atoms with Crippen molar-refractivity contribution in [1.29, 1.82) is 0 Å². The van der Waals surface area contributed by atoms with Gasteiger partial charge in [0.2, 0.25) is 0 Å². The van der Waals surface area contributed by atoms with Crippen molar-refractivity contribution < 1.29 is 23.9 Å². The Labute approximate surface area is 111 Å². The van der Waals surface area contributed by atoms with Gasteiger partial charge in [-0.3, -0.25) is 4.84 Å². The molecule has 6 heteroatoms. The number of imide groups is 1. The summed E-state index contributed by atoms with van der Waals surface area (Å²) in [6.07, 6.45) is -1.78. The molecule has 2 amide bonds. The van der Waals surface area contributed by atoms with Crippen LogP contribution in [-0.2, 0) is 20.9 Å². The smallest absolute Gasteiger partial charge is 0.444 e. The van der Waals surface area contributed by atoms with Crippen molar-refractivity contribution in [3.63, 3.8) is 0 Å². The molecule has 19 heavy (non-hydrogen) atoms. The summed E-state index contributed by atoms with van der Waals surface area (Å²) in [5.41, 5.74) is 0.820. The summed E-state index contributed by atoms with van der Waals surface area (Å²) in [5.74, 6) is 0. The molecule has 0 aliphatic heterocycles. The Balaban J connectivity index is 2.63. The molecule has 0 saturated carbocycles. The normalized spacial score (nSPS) is 9.79. The first-order valence-corrected chi connectivity index (χ1v) is 5.99. The van der Waals surface area contributed by atoms with Gasteiger partial charge in [0.1, 0.15) is 6.61 Å². The van der Waals surface area contributed by atoms with Gasteiger partial charge in [0.05, 0.1) is 13.2 Å². The minimum atomic E-state index is -0.892. The number of amides is 2. The minimum Gasteiger partial charge on any atom is -0.448 e. The lowest BCUT2D eigenvalue weighted by Gasteiger charge is -2.18. The van der Waals surface area contributed by atoms with E-state index >= 15 is 0 Å². The molecule has 0 radical (unpaired) electrons. The molecule has 0 N–H and O–H groups in total. The van der Waals surface area contributed by atoms with E-state index < -0.39 is 12.2 Å². The first kappa shape index (κ1) is 15.0. The summed E-state index contributed by atoms with van der Waals surface area (Å²) in [6.45, 7) is 3.63. The second-order valence-electron chi connectivity index (χ2n) is 3.45. The second-order valence-corrected chi connectivity index (χ2v) is 3.45. The minimum absolute atomic E-state index is 0.0679. The molecular weight excluding hydrogens is 250 g/mol. The molecule has 104 valence electrons. The summed E-state index contributed by atoms with van der Waals surface area (Å²) < 4.78 is 9.44. The van der Waals surface area contributed by atoms with E-state index in [0.717, 1.165) is 5.56 Å². The van der Waals surface area contributed by atoms with Crippen molar-refractivity contribution in [2.24, 2.45) is 0 Å². The van der Waals surface area contributed by atoms with Crippen LogP contribution in [0, 0.1) is 0 Å². The zero-order valence-electron chi connectivity index (χ0n) is 11.0. The molecule has 1 rings (SSSR count). The Hall–Kier alpha value is -2.08. The zero-order chi connectivity index (χ0) is 14.1. The average Bonchev–Trinajstić information content (AvgIpc) is 2.41. The molecule has 0 fully saturated rings. The number of carbonyl (C=O) groups is 2. The number of hydroxylamine groups is 2. The number of rotatable bonds is 5. The number of carbonyl (C=O) groups excluding carboxylic acids is 2. The van der Waals surface area contributed by atoms with Crippen LogP contribution in [0.15, 0.2) is 30.3 Å². The van der Waals surface area contributed by atoms with Gasteiger partial charge in [-0.25, -0.2) is 9.59 Å². The van der Waals surface area contributed by atoms with Gasteiger partial charge in [0.15, 0.2) is 0 Å². The van der Waals surface area contributed by atoms with Gasteiger partial charge in [-0.1, -0.05) is 35.4 Å². The molecule has 0 atom stereocenters. The lowest BCUT2D eigenvalue weighted by molar-refractivity contribution is -0.126. The third-order valence-electron chi connectivity index (χ3n) is 2.07.